The summed E-state index contributed by atoms with van der Waals surface area (Å²) in [5.41, 5.74) is 13.4. The quantitative estimate of drug-likeness (QED) is 0.710. The highest BCUT2D eigenvalue weighted by atomic mass is 16.1. The lowest BCUT2D eigenvalue weighted by Crippen LogP contribution is -2.16. The molecule has 0 radical (unpaired) electrons. The zero-order valence-corrected chi connectivity index (χ0v) is 10.6. The SMILES string of the molecule is Cc1nccc(CNc2c(N)cccc2C(N)=O)n1. The highest BCUT2D eigenvalue weighted by Crippen LogP contribution is 2.23. The maximum Gasteiger partial charge on any atom is 0.250 e. The van der Waals surface area contributed by atoms with Crippen molar-refractivity contribution in [1.82, 2.24) is 9.97 Å². The molecule has 0 saturated heterocycles. The fraction of sp³-hybridized carbons (Fsp3) is 0.154. The number of aryl methyl sites for hydroxylation is 1. The van der Waals surface area contributed by atoms with Gasteiger partial charge in [-0.2, -0.15) is 0 Å². The first-order chi connectivity index (χ1) is 9.08. The van der Waals surface area contributed by atoms with E-state index in [0.717, 1.165) is 5.69 Å². The lowest BCUT2D eigenvalue weighted by atomic mass is 10.1. The number of nitrogen functional groups attached to an aromatic ring is 1. The van der Waals surface area contributed by atoms with Crippen LogP contribution in [0.3, 0.4) is 0 Å². The first-order valence-corrected chi connectivity index (χ1v) is 5.78. The van der Waals surface area contributed by atoms with Crippen LogP contribution in [0, 0.1) is 6.92 Å². The summed E-state index contributed by atoms with van der Waals surface area (Å²) in [6.45, 7) is 2.26. The number of aromatic nitrogens is 2. The number of benzene rings is 1. The number of carbonyl (C=O) groups is 1. The van der Waals surface area contributed by atoms with Crippen LogP contribution in [0.5, 0.6) is 0 Å². The Labute approximate surface area is 110 Å². The minimum atomic E-state index is -0.520. The van der Waals surface area contributed by atoms with Crippen molar-refractivity contribution in [3.63, 3.8) is 0 Å². The van der Waals surface area contributed by atoms with Gasteiger partial charge in [0.2, 0.25) is 0 Å². The summed E-state index contributed by atoms with van der Waals surface area (Å²) in [6, 6.07) is 6.82. The van der Waals surface area contributed by atoms with Crippen molar-refractivity contribution in [3.8, 4) is 0 Å². The predicted octanol–water partition coefficient (Wildman–Crippen LogP) is 1.08. The number of anilines is 2. The molecule has 0 saturated carbocycles. The summed E-state index contributed by atoms with van der Waals surface area (Å²) in [6.07, 6.45) is 1.68. The lowest BCUT2D eigenvalue weighted by Gasteiger charge is -2.12. The zero-order chi connectivity index (χ0) is 13.8. The molecule has 1 aromatic carbocycles. The molecule has 6 heteroatoms. The molecule has 19 heavy (non-hydrogen) atoms. The van der Waals surface area contributed by atoms with Gasteiger partial charge >= 0.3 is 0 Å². The van der Waals surface area contributed by atoms with Gasteiger partial charge < -0.3 is 16.8 Å². The second-order valence-corrected chi connectivity index (χ2v) is 4.08. The van der Waals surface area contributed by atoms with Crippen LogP contribution in [0.4, 0.5) is 11.4 Å². The molecule has 0 fully saturated rings. The molecule has 0 spiro atoms. The van der Waals surface area contributed by atoms with Crippen molar-refractivity contribution in [2.75, 3.05) is 11.1 Å². The number of carbonyl (C=O) groups excluding carboxylic acids is 1. The number of para-hydroxylation sites is 1. The van der Waals surface area contributed by atoms with E-state index in [2.05, 4.69) is 15.3 Å². The molecule has 2 aromatic rings. The first kappa shape index (κ1) is 12.8. The van der Waals surface area contributed by atoms with Crippen molar-refractivity contribution < 1.29 is 4.79 Å². The molecule has 98 valence electrons. The van der Waals surface area contributed by atoms with Crippen LogP contribution in [0.25, 0.3) is 0 Å². The average Bonchev–Trinajstić information content (AvgIpc) is 2.37. The van der Waals surface area contributed by atoms with Crippen LogP contribution in [-0.4, -0.2) is 15.9 Å². The van der Waals surface area contributed by atoms with Gasteiger partial charge in [-0.05, 0) is 25.1 Å². The van der Waals surface area contributed by atoms with E-state index in [4.69, 9.17) is 11.5 Å². The highest BCUT2D eigenvalue weighted by molar-refractivity contribution is 6.01. The van der Waals surface area contributed by atoms with Gasteiger partial charge in [-0.1, -0.05) is 6.07 Å². The van der Waals surface area contributed by atoms with Gasteiger partial charge in [0.25, 0.3) is 5.91 Å². The van der Waals surface area contributed by atoms with E-state index in [-0.39, 0.29) is 0 Å². The van der Waals surface area contributed by atoms with Crippen molar-refractivity contribution >= 4 is 17.3 Å². The predicted molar refractivity (Wildman–Crippen MR) is 73.5 cm³/mol. The molecule has 6 nitrogen and oxygen atoms in total. The summed E-state index contributed by atoms with van der Waals surface area (Å²) in [5, 5.41) is 3.09. The minimum absolute atomic E-state index is 0.366. The second kappa shape index (κ2) is 5.34. The monoisotopic (exact) mass is 257 g/mol. The van der Waals surface area contributed by atoms with Crippen LogP contribution in [0.2, 0.25) is 0 Å². The van der Waals surface area contributed by atoms with E-state index in [0.29, 0.717) is 29.3 Å². The third kappa shape index (κ3) is 2.98. The maximum atomic E-state index is 11.3. The van der Waals surface area contributed by atoms with Crippen LogP contribution in [0.15, 0.2) is 30.5 Å². The molecular weight excluding hydrogens is 242 g/mol. The van der Waals surface area contributed by atoms with Crippen LogP contribution >= 0.6 is 0 Å². The lowest BCUT2D eigenvalue weighted by molar-refractivity contribution is 0.100. The van der Waals surface area contributed by atoms with Gasteiger partial charge in [0.1, 0.15) is 5.82 Å². The summed E-state index contributed by atoms with van der Waals surface area (Å²) >= 11 is 0. The Bertz CT molecular complexity index is 612. The first-order valence-electron chi connectivity index (χ1n) is 5.78. The van der Waals surface area contributed by atoms with E-state index in [9.17, 15) is 4.79 Å². The number of nitrogens with zero attached hydrogens (tertiary/aromatic N) is 2. The molecular formula is C13H15N5O. The smallest absolute Gasteiger partial charge is 0.250 e. The Kier molecular flexibility index (Phi) is 3.61. The minimum Gasteiger partial charge on any atom is -0.397 e. The van der Waals surface area contributed by atoms with E-state index < -0.39 is 5.91 Å². The number of hydrogen-bond donors (Lipinski definition) is 3. The molecule has 0 bridgehead atoms. The normalized spacial score (nSPS) is 10.2. The molecule has 1 amide bonds. The van der Waals surface area contributed by atoms with Crippen molar-refractivity contribution in [1.29, 1.82) is 0 Å². The standard InChI is InChI=1S/C13H15N5O/c1-8-16-6-5-9(18-8)7-17-12-10(13(15)19)3-2-4-11(12)14/h2-6,17H,7,14H2,1H3,(H2,15,19). The topological polar surface area (TPSA) is 107 Å². The van der Waals surface area contributed by atoms with Gasteiger partial charge in [-0.25, -0.2) is 9.97 Å². The maximum absolute atomic E-state index is 11.3. The Hall–Kier alpha value is -2.63. The van der Waals surface area contributed by atoms with Crippen LogP contribution in [-0.2, 0) is 6.54 Å². The van der Waals surface area contributed by atoms with E-state index in [1.54, 1.807) is 30.5 Å². The summed E-state index contributed by atoms with van der Waals surface area (Å²) in [5.74, 6) is 0.170. The number of nitrogens with one attached hydrogen (secondary N) is 1. The van der Waals surface area contributed by atoms with Gasteiger partial charge in [0.15, 0.2) is 0 Å². The third-order valence-corrected chi connectivity index (χ3v) is 2.64. The Morgan fingerprint density at radius 2 is 2.16 bits per heavy atom. The molecule has 1 heterocycles. The molecule has 0 aliphatic carbocycles. The number of rotatable bonds is 4. The fourth-order valence-electron chi connectivity index (χ4n) is 1.76. The summed E-state index contributed by atoms with van der Waals surface area (Å²) in [4.78, 5) is 19.6. The van der Waals surface area contributed by atoms with Gasteiger partial charge in [-0.3, -0.25) is 4.79 Å². The number of nitrogens with two attached hydrogens (primary N) is 2. The van der Waals surface area contributed by atoms with Crippen LogP contribution < -0.4 is 16.8 Å². The summed E-state index contributed by atoms with van der Waals surface area (Å²) < 4.78 is 0. The number of amides is 1. The van der Waals surface area contributed by atoms with E-state index in [1.165, 1.54) is 0 Å². The van der Waals surface area contributed by atoms with Crippen molar-refractivity contribution in [3.05, 3.63) is 47.5 Å². The van der Waals surface area contributed by atoms with Gasteiger partial charge in [0.05, 0.1) is 29.2 Å². The van der Waals surface area contributed by atoms with Crippen molar-refractivity contribution in [2.24, 2.45) is 5.73 Å². The molecule has 0 aliphatic heterocycles. The zero-order valence-electron chi connectivity index (χ0n) is 10.6. The number of hydrogen-bond acceptors (Lipinski definition) is 5. The molecule has 2 rings (SSSR count). The van der Waals surface area contributed by atoms with E-state index in [1.807, 2.05) is 6.92 Å². The molecule has 1 aromatic heterocycles. The van der Waals surface area contributed by atoms with Crippen LogP contribution in [0.1, 0.15) is 21.9 Å². The Balaban J connectivity index is 2.22. The average molecular weight is 257 g/mol. The van der Waals surface area contributed by atoms with Gasteiger partial charge in [-0.15, -0.1) is 0 Å². The van der Waals surface area contributed by atoms with Gasteiger partial charge in [0, 0.05) is 6.20 Å². The molecule has 0 atom stereocenters. The number of primary amides is 1. The summed E-state index contributed by atoms with van der Waals surface area (Å²) in [7, 11) is 0. The third-order valence-electron chi connectivity index (χ3n) is 2.64. The second-order valence-electron chi connectivity index (χ2n) is 4.08. The molecule has 5 N–H and O–H groups in total. The highest BCUT2D eigenvalue weighted by Gasteiger charge is 2.10. The largest absolute Gasteiger partial charge is 0.397 e. The van der Waals surface area contributed by atoms with E-state index >= 15 is 0 Å². The Morgan fingerprint density at radius 3 is 2.84 bits per heavy atom. The molecule has 0 unspecified atom stereocenters. The van der Waals surface area contributed by atoms with Crippen molar-refractivity contribution in [2.45, 2.75) is 13.5 Å². The molecule has 0 aliphatic rings. The fourth-order valence-corrected chi connectivity index (χ4v) is 1.76. The Morgan fingerprint density at radius 1 is 1.37 bits per heavy atom.